The van der Waals surface area contributed by atoms with Crippen molar-refractivity contribution < 1.29 is 33.7 Å². The Hall–Kier alpha value is -4.11. The summed E-state index contributed by atoms with van der Waals surface area (Å²) in [4.78, 5) is 41.4. The van der Waals surface area contributed by atoms with Gasteiger partial charge in [0.2, 0.25) is 0 Å². The van der Waals surface area contributed by atoms with Gasteiger partial charge in [-0.25, -0.2) is 14.4 Å². The number of hydrogen-bond donors (Lipinski definition) is 2. The van der Waals surface area contributed by atoms with Gasteiger partial charge in [-0.3, -0.25) is 0 Å². The molecule has 164 valence electrons. The molecule has 0 amide bonds. The first-order valence-electron chi connectivity index (χ1n) is 9.65. The number of methoxy groups -OCH3 is 2. The molecule has 0 bridgehead atoms. The van der Waals surface area contributed by atoms with Crippen molar-refractivity contribution in [2.45, 2.75) is 0 Å². The van der Waals surface area contributed by atoms with Gasteiger partial charge in [-0.2, -0.15) is 0 Å². The van der Waals surface area contributed by atoms with E-state index in [9.17, 15) is 19.5 Å². The number of carboxylic acid groups (broad SMARTS) is 1. The van der Waals surface area contributed by atoms with Crippen molar-refractivity contribution in [3.8, 4) is 11.1 Å². The average Bonchev–Trinajstić information content (AvgIpc) is 3.31. The van der Waals surface area contributed by atoms with Crippen LogP contribution in [0, 0.1) is 0 Å². The molecule has 9 heteroatoms. The first-order valence-corrected chi connectivity index (χ1v) is 9.65. The minimum Gasteiger partial charge on any atom is -0.478 e. The molecule has 3 aromatic rings. The van der Waals surface area contributed by atoms with Crippen molar-refractivity contribution in [3.63, 3.8) is 0 Å². The number of hydrogen-bond acceptors (Lipinski definition) is 7. The summed E-state index contributed by atoms with van der Waals surface area (Å²) in [7, 11) is 2.36. The second-order valence-corrected chi connectivity index (χ2v) is 7.00. The van der Waals surface area contributed by atoms with Crippen molar-refractivity contribution >= 4 is 34.5 Å². The first-order chi connectivity index (χ1) is 15.5. The van der Waals surface area contributed by atoms with Crippen molar-refractivity contribution in [3.05, 3.63) is 65.5 Å². The zero-order valence-electron chi connectivity index (χ0n) is 17.4. The highest BCUT2D eigenvalue weighted by atomic mass is 16.5. The summed E-state index contributed by atoms with van der Waals surface area (Å²) in [5, 5.41) is 10.8. The third-order valence-corrected chi connectivity index (χ3v) is 5.26. The molecule has 0 atom stereocenters. The van der Waals surface area contributed by atoms with Crippen LogP contribution in [0.5, 0.6) is 0 Å². The number of anilines is 1. The number of nitrogens with zero attached hydrogens (tertiary/aromatic N) is 1. The summed E-state index contributed by atoms with van der Waals surface area (Å²) >= 11 is 0. The Morgan fingerprint density at radius 2 is 1.84 bits per heavy atom. The van der Waals surface area contributed by atoms with Crippen LogP contribution in [0.1, 0.15) is 10.4 Å². The van der Waals surface area contributed by atoms with Gasteiger partial charge in [-0.05, 0) is 35.4 Å². The standard InChI is InChI=1S/C23H20N2O7/c1-30-22(28)17-11-32-12-25(20(17)23(29)31-2)19-10-13(6-7-16(19)21(26)27)14-4-3-5-18-15(14)8-9-24-18/h3-10,24H,11-12H2,1-2H3,(H,26,27). The monoisotopic (exact) mass is 436 g/mol. The summed E-state index contributed by atoms with van der Waals surface area (Å²) in [6.45, 7) is -0.318. The van der Waals surface area contributed by atoms with E-state index >= 15 is 0 Å². The number of esters is 2. The van der Waals surface area contributed by atoms with Gasteiger partial charge in [-0.1, -0.05) is 18.2 Å². The number of H-pyrrole nitrogens is 1. The van der Waals surface area contributed by atoms with E-state index in [1.54, 1.807) is 12.1 Å². The number of carbonyl (C=O) groups is 3. The number of aromatic nitrogens is 1. The second-order valence-electron chi connectivity index (χ2n) is 7.00. The second kappa shape index (κ2) is 8.56. The van der Waals surface area contributed by atoms with Gasteiger partial charge < -0.3 is 29.2 Å². The first kappa shape index (κ1) is 21.1. The zero-order valence-corrected chi connectivity index (χ0v) is 17.4. The number of carbonyl (C=O) groups excluding carboxylic acids is 2. The molecule has 2 heterocycles. The Bertz CT molecular complexity index is 1260. The lowest BCUT2D eigenvalue weighted by Gasteiger charge is -2.32. The fourth-order valence-electron chi connectivity index (χ4n) is 3.77. The number of benzene rings is 2. The predicted molar refractivity (Wildman–Crippen MR) is 115 cm³/mol. The number of aromatic carboxylic acids is 1. The molecule has 0 aliphatic carbocycles. The summed E-state index contributed by atoms with van der Waals surface area (Å²) in [6.07, 6.45) is 1.82. The van der Waals surface area contributed by atoms with E-state index in [4.69, 9.17) is 14.2 Å². The minimum atomic E-state index is -1.19. The smallest absolute Gasteiger partial charge is 0.355 e. The molecule has 2 aromatic carbocycles. The molecule has 0 saturated carbocycles. The molecule has 9 nitrogen and oxygen atoms in total. The number of fused-ring (bicyclic) bond motifs is 1. The third kappa shape index (κ3) is 3.58. The van der Waals surface area contributed by atoms with Crippen LogP contribution in [-0.4, -0.2) is 55.6 Å². The Morgan fingerprint density at radius 3 is 2.56 bits per heavy atom. The summed E-state index contributed by atoms with van der Waals surface area (Å²) in [6, 6.07) is 12.5. The lowest BCUT2D eigenvalue weighted by molar-refractivity contribution is -0.140. The maximum atomic E-state index is 12.6. The number of carboxylic acids is 1. The molecule has 0 fully saturated rings. The number of aromatic amines is 1. The van der Waals surface area contributed by atoms with Crippen molar-refractivity contribution in [1.29, 1.82) is 0 Å². The largest absolute Gasteiger partial charge is 0.478 e. The van der Waals surface area contributed by atoms with E-state index in [0.717, 1.165) is 22.0 Å². The van der Waals surface area contributed by atoms with Gasteiger partial charge in [0, 0.05) is 17.1 Å². The molecule has 1 aliphatic heterocycles. The van der Waals surface area contributed by atoms with Crippen molar-refractivity contribution in [2.75, 3.05) is 32.5 Å². The van der Waals surface area contributed by atoms with Gasteiger partial charge in [-0.15, -0.1) is 0 Å². The lowest BCUT2D eigenvalue weighted by Crippen LogP contribution is -2.39. The third-order valence-electron chi connectivity index (χ3n) is 5.26. The molecular weight excluding hydrogens is 416 g/mol. The Balaban J connectivity index is 1.94. The maximum Gasteiger partial charge on any atom is 0.355 e. The van der Waals surface area contributed by atoms with Crippen molar-refractivity contribution in [2.24, 2.45) is 0 Å². The highest BCUT2D eigenvalue weighted by Crippen LogP contribution is 2.35. The van der Waals surface area contributed by atoms with Gasteiger partial charge >= 0.3 is 17.9 Å². The molecule has 1 aliphatic rings. The summed E-state index contributed by atoms with van der Waals surface area (Å²) < 4.78 is 15.1. The Kier molecular flexibility index (Phi) is 5.65. The van der Waals surface area contributed by atoms with Crippen LogP contribution in [-0.2, 0) is 23.8 Å². The highest BCUT2D eigenvalue weighted by Gasteiger charge is 2.34. The molecular formula is C23H20N2O7. The zero-order chi connectivity index (χ0) is 22.8. The quantitative estimate of drug-likeness (QED) is 0.586. The van der Waals surface area contributed by atoms with E-state index in [1.165, 1.54) is 25.2 Å². The number of ether oxygens (including phenoxy) is 3. The van der Waals surface area contributed by atoms with Crippen LogP contribution in [0.4, 0.5) is 5.69 Å². The molecule has 0 saturated heterocycles. The van der Waals surface area contributed by atoms with Crippen LogP contribution >= 0.6 is 0 Å². The van der Waals surface area contributed by atoms with Crippen LogP contribution < -0.4 is 4.90 Å². The normalized spacial score (nSPS) is 13.9. The van der Waals surface area contributed by atoms with E-state index in [1.807, 2.05) is 30.5 Å². The number of nitrogens with one attached hydrogen (secondary N) is 1. The molecule has 1 aromatic heterocycles. The molecule has 32 heavy (non-hydrogen) atoms. The molecule has 0 radical (unpaired) electrons. The lowest BCUT2D eigenvalue weighted by atomic mass is 9.98. The topological polar surface area (TPSA) is 118 Å². The molecule has 4 rings (SSSR count). The van der Waals surface area contributed by atoms with Gasteiger partial charge in [0.1, 0.15) is 12.4 Å². The van der Waals surface area contributed by atoms with E-state index < -0.39 is 17.9 Å². The minimum absolute atomic E-state index is 0.0555. The molecule has 2 N–H and O–H groups in total. The molecule has 0 unspecified atom stereocenters. The van der Waals surface area contributed by atoms with E-state index in [-0.39, 0.29) is 35.9 Å². The Morgan fingerprint density at radius 1 is 1.06 bits per heavy atom. The fraction of sp³-hybridized carbons (Fsp3) is 0.174. The van der Waals surface area contributed by atoms with Crippen molar-refractivity contribution in [1.82, 2.24) is 4.98 Å². The molecule has 0 spiro atoms. The predicted octanol–water partition coefficient (Wildman–Crippen LogP) is 2.93. The summed E-state index contributed by atoms with van der Waals surface area (Å²) in [5.41, 5.74) is 2.47. The fourth-order valence-corrected chi connectivity index (χ4v) is 3.77. The van der Waals surface area contributed by atoms with E-state index in [2.05, 4.69) is 4.98 Å². The van der Waals surface area contributed by atoms with Crippen LogP contribution in [0.2, 0.25) is 0 Å². The van der Waals surface area contributed by atoms with Crippen LogP contribution in [0.3, 0.4) is 0 Å². The average molecular weight is 436 g/mol. The highest BCUT2D eigenvalue weighted by molar-refractivity contribution is 6.06. The summed E-state index contributed by atoms with van der Waals surface area (Å²) in [5.74, 6) is -2.76. The van der Waals surface area contributed by atoms with Gasteiger partial charge in [0.25, 0.3) is 0 Å². The maximum absolute atomic E-state index is 12.6. The number of rotatable bonds is 5. The van der Waals surface area contributed by atoms with Gasteiger partial charge in [0.05, 0.1) is 37.7 Å². The van der Waals surface area contributed by atoms with Crippen LogP contribution in [0.15, 0.2) is 59.9 Å². The van der Waals surface area contributed by atoms with Crippen LogP contribution in [0.25, 0.3) is 22.0 Å². The Labute approximate surface area is 182 Å². The SMILES string of the molecule is COC(=O)C1=C(C(=O)OC)N(c2cc(-c3cccc4[nH]ccc34)ccc2C(=O)O)COC1. The van der Waals surface area contributed by atoms with E-state index in [0.29, 0.717) is 0 Å². The van der Waals surface area contributed by atoms with Gasteiger partial charge in [0.15, 0.2) is 0 Å².